The molecule has 0 bridgehead atoms. The van der Waals surface area contributed by atoms with Crippen LogP contribution >= 0.6 is 20.5 Å². The zero-order valence-corrected chi connectivity index (χ0v) is 24.0. The van der Waals surface area contributed by atoms with Crippen LogP contribution in [0.15, 0.2) is 6.20 Å². The van der Waals surface area contributed by atoms with Gasteiger partial charge in [0.2, 0.25) is 11.8 Å². The third-order valence-electron chi connectivity index (χ3n) is 4.94. The van der Waals surface area contributed by atoms with Crippen molar-refractivity contribution in [1.29, 1.82) is 0 Å². The first-order valence-corrected chi connectivity index (χ1v) is 14.0. The highest BCUT2D eigenvalue weighted by Crippen LogP contribution is 2.42. The summed E-state index contributed by atoms with van der Waals surface area (Å²) in [4.78, 5) is 45.2. The number of nitrogens with zero attached hydrogens (tertiary/aromatic N) is 3. The Bertz CT molecular complexity index is 934. The van der Waals surface area contributed by atoms with Crippen LogP contribution in [-0.4, -0.2) is 68.8 Å². The molecule has 0 saturated heterocycles. The minimum atomic E-state index is -4.33. The van der Waals surface area contributed by atoms with Gasteiger partial charge >= 0.3 is 13.8 Å². The fraction of sp³-hybridized carbons (Fsp3) is 0.773. The third kappa shape index (κ3) is 15.1. The summed E-state index contributed by atoms with van der Waals surface area (Å²) in [7, 11) is -4.33. The quantitative estimate of drug-likeness (QED) is 0.0948. The number of phosphoric acid groups is 1. The summed E-state index contributed by atoms with van der Waals surface area (Å²) in [5, 5.41) is 12.8. The van der Waals surface area contributed by atoms with Crippen LogP contribution in [0.2, 0.25) is 0 Å². The summed E-state index contributed by atoms with van der Waals surface area (Å²) < 4.78 is 27.2. The summed E-state index contributed by atoms with van der Waals surface area (Å²) in [5.41, 5.74) is 0.575. The second-order valence-corrected chi connectivity index (χ2v) is 12.3. The molecule has 0 saturated carbocycles. The van der Waals surface area contributed by atoms with Crippen molar-refractivity contribution in [2.24, 2.45) is 5.41 Å². The number of thiol groups is 1. The Kier molecular flexibility index (Phi) is 13.8. The molecule has 2 atom stereocenters. The van der Waals surface area contributed by atoms with Crippen LogP contribution in [0.1, 0.15) is 66.0 Å². The lowest BCUT2D eigenvalue weighted by molar-refractivity contribution is -0.146. The Morgan fingerprint density at radius 2 is 1.76 bits per heavy atom. The predicted octanol–water partition coefficient (Wildman–Crippen LogP) is 2.00. The van der Waals surface area contributed by atoms with E-state index in [1.807, 2.05) is 0 Å². The number of aromatic nitrogens is 3. The summed E-state index contributed by atoms with van der Waals surface area (Å²) in [6, 6.07) is 0. The highest BCUT2D eigenvalue weighted by molar-refractivity contribution is 7.82. The van der Waals surface area contributed by atoms with Crippen molar-refractivity contribution in [1.82, 2.24) is 25.6 Å². The molecular weight excluding hydrogens is 525 g/mol. The van der Waals surface area contributed by atoms with E-state index in [0.717, 1.165) is 6.42 Å². The molecule has 2 unspecified atom stereocenters. The largest absolute Gasteiger partial charge is 0.472 e. The highest BCUT2D eigenvalue weighted by Gasteiger charge is 2.32. The van der Waals surface area contributed by atoms with Crippen LogP contribution in [0.4, 0.5) is 0 Å². The molecule has 1 rings (SSSR count). The van der Waals surface area contributed by atoms with Crippen molar-refractivity contribution < 1.29 is 37.6 Å². The summed E-state index contributed by atoms with van der Waals surface area (Å²) >= 11 is 4.41. The topological polar surface area (TPSA) is 171 Å². The van der Waals surface area contributed by atoms with E-state index in [1.54, 1.807) is 13.8 Å². The Morgan fingerprint density at radius 3 is 2.41 bits per heavy atom. The van der Waals surface area contributed by atoms with Gasteiger partial charge < -0.3 is 20.3 Å². The molecular formula is C22H40N5O8PS. The van der Waals surface area contributed by atoms with Crippen LogP contribution in [-0.2, 0) is 45.8 Å². The van der Waals surface area contributed by atoms with Crippen molar-refractivity contribution >= 4 is 38.2 Å². The Hall–Kier alpha value is -1.99. The van der Waals surface area contributed by atoms with Gasteiger partial charge in [0.15, 0.2) is 0 Å². The lowest BCUT2D eigenvalue weighted by Crippen LogP contribution is -2.32. The summed E-state index contributed by atoms with van der Waals surface area (Å²) in [5.74, 6) is -0.986. The van der Waals surface area contributed by atoms with Gasteiger partial charge in [0, 0.05) is 19.4 Å². The average Bonchev–Trinajstić information content (AvgIpc) is 3.25. The predicted molar refractivity (Wildman–Crippen MR) is 139 cm³/mol. The second-order valence-electron chi connectivity index (χ2n) is 9.85. The minimum Gasteiger partial charge on any atom is -0.465 e. The molecule has 0 aliphatic heterocycles. The van der Waals surface area contributed by atoms with Gasteiger partial charge in [-0.2, -0.15) is 12.6 Å². The molecule has 0 aliphatic rings. The number of ether oxygens (including phenoxy) is 1. The number of hydrogen-bond acceptors (Lipinski definition) is 10. The van der Waals surface area contributed by atoms with E-state index in [1.165, 1.54) is 10.9 Å². The molecule has 0 fully saturated rings. The Morgan fingerprint density at radius 1 is 1.08 bits per heavy atom. The van der Waals surface area contributed by atoms with Gasteiger partial charge in [-0.1, -0.05) is 32.9 Å². The molecule has 0 aromatic carbocycles. The van der Waals surface area contributed by atoms with Gasteiger partial charge in [0.25, 0.3) is 0 Å². The monoisotopic (exact) mass is 565 g/mol. The van der Waals surface area contributed by atoms with E-state index >= 15 is 0 Å². The first kappa shape index (κ1) is 33.0. The normalized spacial score (nSPS) is 14.9. The molecule has 0 radical (unpaired) electrons. The van der Waals surface area contributed by atoms with Crippen LogP contribution in [0.25, 0.3) is 0 Å². The van der Waals surface area contributed by atoms with E-state index in [-0.39, 0.29) is 57.2 Å². The summed E-state index contributed by atoms with van der Waals surface area (Å²) in [6.45, 7) is 9.32. The maximum absolute atomic E-state index is 12.2. The number of esters is 1. The van der Waals surface area contributed by atoms with Crippen LogP contribution in [0.3, 0.4) is 0 Å². The molecule has 2 amide bonds. The standard InChI is InChI=1S/C22H40N5O8PS/c1-6-18(28)24-14-17-15-27(26-25-17)16-19(29)23-10-13-35-36(31,32)34-12-7-11-33-20(30)22(5,37)9-8-21(2,3)4/h15,37H,6-14,16H2,1-5H3,(H,23,29)(H,24,28)(H,31,32). The molecule has 0 aliphatic carbocycles. The van der Waals surface area contributed by atoms with Crippen LogP contribution in [0.5, 0.6) is 0 Å². The molecule has 15 heteroatoms. The van der Waals surface area contributed by atoms with Gasteiger partial charge in [0.1, 0.15) is 17.0 Å². The van der Waals surface area contributed by atoms with Crippen molar-refractivity contribution in [3.63, 3.8) is 0 Å². The second kappa shape index (κ2) is 15.4. The molecule has 1 heterocycles. The first-order valence-electron chi connectivity index (χ1n) is 12.1. The van der Waals surface area contributed by atoms with Crippen molar-refractivity contribution in [3.05, 3.63) is 11.9 Å². The third-order valence-corrected chi connectivity index (χ3v) is 6.36. The van der Waals surface area contributed by atoms with Gasteiger partial charge in [-0.05, 0) is 25.2 Å². The van der Waals surface area contributed by atoms with E-state index in [9.17, 15) is 23.8 Å². The van der Waals surface area contributed by atoms with Crippen molar-refractivity contribution in [2.45, 2.75) is 78.1 Å². The average molecular weight is 566 g/mol. The van der Waals surface area contributed by atoms with Crippen molar-refractivity contribution in [3.8, 4) is 0 Å². The number of phosphoric ester groups is 1. The molecule has 212 valence electrons. The van der Waals surface area contributed by atoms with Crippen LogP contribution < -0.4 is 10.6 Å². The zero-order chi connectivity index (χ0) is 28.1. The Balaban J connectivity index is 2.20. The molecule has 13 nitrogen and oxygen atoms in total. The lowest BCUT2D eigenvalue weighted by atomic mass is 9.87. The zero-order valence-electron chi connectivity index (χ0n) is 22.2. The maximum atomic E-state index is 12.2. The summed E-state index contributed by atoms with van der Waals surface area (Å²) in [6.07, 6.45) is 3.44. The van der Waals surface area contributed by atoms with E-state index < -0.39 is 24.4 Å². The van der Waals surface area contributed by atoms with Gasteiger partial charge in [0.05, 0.1) is 32.6 Å². The van der Waals surface area contributed by atoms with E-state index in [2.05, 4.69) is 54.3 Å². The SMILES string of the molecule is CCC(=O)NCc1cn(CC(=O)NCCOP(=O)(O)OCCCOC(=O)C(C)(S)CCC(C)(C)C)nn1. The lowest BCUT2D eigenvalue weighted by Gasteiger charge is -2.26. The molecule has 37 heavy (non-hydrogen) atoms. The van der Waals surface area contributed by atoms with Crippen LogP contribution in [0, 0.1) is 5.41 Å². The van der Waals surface area contributed by atoms with Gasteiger partial charge in [-0.25, -0.2) is 9.25 Å². The molecule has 1 aromatic rings. The Labute approximate surface area is 223 Å². The number of nitrogens with one attached hydrogen (secondary N) is 2. The molecule has 1 aromatic heterocycles. The smallest absolute Gasteiger partial charge is 0.465 e. The first-order chi connectivity index (χ1) is 17.1. The van der Waals surface area contributed by atoms with Crippen molar-refractivity contribution in [2.75, 3.05) is 26.4 Å². The van der Waals surface area contributed by atoms with Gasteiger partial charge in [-0.15, -0.1) is 5.10 Å². The molecule has 3 N–H and O–H groups in total. The highest BCUT2D eigenvalue weighted by atomic mass is 32.1. The maximum Gasteiger partial charge on any atom is 0.472 e. The fourth-order valence-corrected chi connectivity index (χ4v) is 3.62. The number of hydrogen-bond donors (Lipinski definition) is 4. The molecule has 0 spiro atoms. The van der Waals surface area contributed by atoms with E-state index in [4.69, 9.17) is 13.8 Å². The van der Waals surface area contributed by atoms with E-state index in [0.29, 0.717) is 18.5 Å². The number of amides is 2. The number of carbonyl (C=O) groups is 3. The van der Waals surface area contributed by atoms with Gasteiger partial charge in [-0.3, -0.25) is 23.4 Å². The number of rotatable bonds is 17. The minimum absolute atomic E-state index is 0.00946. The fourth-order valence-electron chi connectivity index (χ4n) is 2.68. The number of carbonyl (C=O) groups excluding carboxylic acids is 3.